The van der Waals surface area contributed by atoms with Crippen LogP contribution in [0.4, 0.5) is 11.8 Å². The summed E-state index contributed by atoms with van der Waals surface area (Å²) in [7, 11) is 2.01. The molecule has 4 aromatic heterocycles. The van der Waals surface area contributed by atoms with Crippen molar-refractivity contribution in [1.82, 2.24) is 34.6 Å². The van der Waals surface area contributed by atoms with E-state index in [-0.39, 0.29) is 17.7 Å². The molecule has 2 fully saturated rings. The van der Waals surface area contributed by atoms with Gasteiger partial charge in [-0.3, -0.25) is 14.1 Å². The Hall–Kier alpha value is -3.54. The first kappa shape index (κ1) is 25.7. The van der Waals surface area contributed by atoms with E-state index in [1.807, 2.05) is 17.9 Å². The van der Waals surface area contributed by atoms with E-state index in [9.17, 15) is 4.79 Å². The van der Waals surface area contributed by atoms with Gasteiger partial charge >= 0.3 is 5.76 Å². The number of rotatable bonds is 9. The highest BCUT2D eigenvalue weighted by atomic mass is 32.1. The number of H-pyrrole nitrogens is 1. The van der Waals surface area contributed by atoms with Gasteiger partial charge in [0.25, 0.3) is 0 Å². The third-order valence-corrected chi connectivity index (χ3v) is 9.00. The maximum Gasteiger partial charge on any atom is 0.439 e. The first-order valence-electron chi connectivity index (χ1n) is 13.8. The van der Waals surface area contributed by atoms with E-state index in [1.165, 1.54) is 32.1 Å². The minimum Gasteiger partial charge on any atom is -0.365 e. The van der Waals surface area contributed by atoms with Crippen molar-refractivity contribution in [2.75, 3.05) is 17.3 Å². The highest BCUT2D eigenvalue weighted by molar-refractivity contribution is 7.07. The van der Waals surface area contributed by atoms with Crippen molar-refractivity contribution in [3.63, 3.8) is 0 Å². The summed E-state index contributed by atoms with van der Waals surface area (Å²) in [5.74, 6) is 2.83. The van der Waals surface area contributed by atoms with Crippen LogP contribution >= 0.6 is 11.3 Å². The molecule has 11 nitrogen and oxygen atoms in total. The van der Waals surface area contributed by atoms with Crippen molar-refractivity contribution in [2.24, 2.45) is 17.8 Å². The van der Waals surface area contributed by atoms with Crippen molar-refractivity contribution >= 4 is 40.0 Å². The van der Waals surface area contributed by atoms with Crippen molar-refractivity contribution in [2.45, 2.75) is 71.4 Å². The molecular formula is C27H35N9O2S. The molecule has 206 valence electrons. The molecule has 0 saturated heterocycles. The SMILES string of the molecule is C=C(C1CCC(C)CC1)n1c(N(C)Cc2cscn2)nc2nc(-c3noc(=O)[nH]3)nc(NC(C)C3CCC3)c21. The van der Waals surface area contributed by atoms with Gasteiger partial charge in [0.1, 0.15) is 5.52 Å². The summed E-state index contributed by atoms with van der Waals surface area (Å²) in [6.07, 6.45) is 8.19. The Kier molecular flexibility index (Phi) is 6.96. The Bertz CT molecular complexity index is 1510. The summed E-state index contributed by atoms with van der Waals surface area (Å²) < 4.78 is 6.90. The van der Waals surface area contributed by atoms with Gasteiger partial charge in [-0.2, -0.15) is 4.98 Å². The molecule has 0 radical (unpaired) electrons. The lowest BCUT2D eigenvalue weighted by molar-refractivity contribution is 0.285. The molecular weight excluding hydrogens is 514 g/mol. The average molecular weight is 550 g/mol. The van der Waals surface area contributed by atoms with E-state index in [0.717, 1.165) is 41.6 Å². The van der Waals surface area contributed by atoms with Crippen molar-refractivity contribution < 1.29 is 4.52 Å². The molecule has 4 aromatic rings. The number of fused-ring (bicyclic) bond motifs is 1. The summed E-state index contributed by atoms with van der Waals surface area (Å²) in [6, 6.07) is 0.212. The quantitative estimate of drug-likeness (QED) is 0.291. The molecule has 0 amide bonds. The Morgan fingerprint density at radius 2 is 2.05 bits per heavy atom. The molecule has 6 rings (SSSR count). The Morgan fingerprint density at radius 3 is 2.69 bits per heavy atom. The predicted molar refractivity (Wildman–Crippen MR) is 153 cm³/mol. The fourth-order valence-corrected chi connectivity index (χ4v) is 6.26. The Labute approximate surface area is 230 Å². The number of aromatic amines is 1. The molecule has 1 atom stereocenters. The normalized spacial score (nSPS) is 20.6. The molecule has 2 N–H and O–H groups in total. The average Bonchev–Trinajstić information content (AvgIpc) is 3.63. The second-order valence-electron chi connectivity index (χ2n) is 11.2. The molecule has 0 spiro atoms. The van der Waals surface area contributed by atoms with Gasteiger partial charge in [-0.25, -0.2) is 19.7 Å². The zero-order chi connectivity index (χ0) is 27.1. The second kappa shape index (κ2) is 10.6. The standard InChI is InChI=1S/C27H35N9O2S/c1-15-8-10-19(11-9-15)17(3)36-21-22(29-16(2)18-6-5-7-18)30-24(25-33-27(37)38-34-25)31-23(21)32-26(36)35(4)12-20-13-39-14-28-20/h13-16,18-19H,3,5-12H2,1-2,4H3,(H,29,30,31)(H,33,34,37). The van der Waals surface area contributed by atoms with E-state index in [2.05, 4.69) is 50.3 Å². The van der Waals surface area contributed by atoms with Crippen LogP contribution in [0.2, 0.25) is 0 Å². The van der Waals surface area contributed by atoms with Gasteiger partial charge < -0.3 is 10.2 Å². The van der Waals surface area contributed by atoms with E-state index < -0.39 is 5.76 Å². The lowest BCUT2D eigenvalue weighted by Gasteiger charge is -2.33. The van der Waals surface area contributed by atoms with Crippen molar-refractivity contribution in [3.05, 3.63) is 33.7 Å². The Morgan fingerprint density at radius 1 is 1.26 bits per heavy atom. The van der Waals surface area contributed by atoms with Crippen molar-refractivity contribution in [3.8, 4) is 11.6 Å². The van der Waals surface area contributed by atoms with E-state index in [4.69, 9.17) is 19.5 Å². The number of hydrogen-bond donors (Lipinski definition) is 2. The van der Waals surface area contributed by atoms with Gasteiger partial charge in [-0.1, -0.05) is 37.9 Å². The van der Waals surface area contributed by atoms with Crippen LogP contribution in [0.25, 0.3) is 28.5 Å². The minimum absolute atomic E-state index is 0.174. The molecule has 4 heterocycles. The van der Waals surface area contributed by atoms with Gasteiger partial charge in [0.15, 0.2) is 11.5 Å². The second-order valence-corrected chi connectivity index (χ2v) is 11.9. The first-order valence-corrected chi connectivity index (χ1v) is 14.7. The van der Waals surface area contributed by atoms with E-state index in [0.29, 0.717) is 29.8 Å². The molecule has 2 aliphatic rings. The third-order valence-electron chi connectivity index (χ3n) is 8.37. The molecule has 0 bridgehead atoms. The predicted octanol–water partition coefficient (Wildman–Crippen LogP) is 5.16. The lowest BCUT2D eigenvalue weighted by atomic mass is 9.80. The summed E-state index contributed by atoms with van der Waals surface area (Å²) in [4.78, 5) is 35.5. The van der Waals surface area contributed by atoms with Gasteiger partial charge in [0, 0.05) is 24.2 Å². The first-order chi connectivity index (χ1) is 18.9. The smallest absolute Gasteiger partial charge is 0.365 e. The number of nitrogens with zero attached hydrogens (tertiary/aromatic N) is 7. The van der Waals surface area contributed by atoms with E-state index in [1.54, 1.807) is 11.3 Å². The van der Waals surface area contributed by atoms with Crippen LogP contribution in [-0.2, 0) is 6.54 Å². The highest BCUT2D eigenvalue weighted by Gasteiger charge is 2.30. The van der Waals surface area contributed by atoms with Crippen LogP contribution in [0.1, 0.15) is 64.5 Å². The molecule has 2 saturated carbocycles. The summed E-state index contributed by atoms with van der Waals surface area (Å²) in [5, 5.41) is 9.56. The van der Waals surface area contributed by atoms with Gasteiger partial charge in [-0.15, -0.1) is 11.3 Å². The van der Waals surface area contributed by atoms with Crippen LogP contribution in [0.15, 0.2) is 26.8 Å². The molecule has 39 heavy (non-hydrogen) atoms. The number of anilines is 2. The van der Waals surface area contributed by atoms with Gasteiger partial charge in [0.2, 0.25) is 17.6 Å². The number of thiazole rings is 1. The summed E-state index contributed by atoms with van der Waals surface area (Å²) in [5.41, 5.74) is 5.13. The number of imidazole rings is 1. The molecule has 12 heteroatoms. The van der Waals surface area contributed by atoms with E-state index >= 15 is 0 Å². The van der Waals surface area contributed by atoms with Crippen LogP contribution in [0.5, 0.6) is 0 Å². The van der Waals surface area contributed by atoms with Gasteiger partial charge in [-0.05, 0) is 50.4 Å². The molecule has 0 aliphatic heterocycles. The summed E-state index contributed by atoms with van der Waals surface area (Å²) >= 11 is 1.58. The maximum absolute atomic E-state index is 11.7. The molecule has 1 unspecified atom stereocenters. The Balaban J connectivity index is 1.50. The zero-order valence-corrected chi connectivity index (χ0v) is 23.5. The maximum atomic E-state index is 11.7. The topological polar surface area (TPSA) is 131 Å². The fraction of sp³-hybridized carbons (Fsp3) is 0.556. The minimum atomic E-state index is -0.653. The fourth-order valence-electron chi connectivity index (χ4n) is 5.71. The molecule has 0 aromatic carbocycles. The summed E-state index contributed by atoms with van der Waals surface area (Å²) in [6.45, 7) is 9.75. The highest BCUT2D eigenvalue weighted by Crippen LogP contribution is 2.40. The van der Waals surface area contributed by atoms with Crippen LogP contribution in [0, 0.1) is 17.8 Å². The third kappa shape index (κ3) is 5.09. The van der Waals surface area contributed by atoms with Crippen LogP contribution in [0.3, 0.4) is 0 Å². The number of nitrogens with one attached hydrogen (secondary N) is 2. The number of allylic oxidation sites excluding steroid dienone is 1. The largest absolute Gasteiger partial charge is 0.439 e. The van der Waals surface area contributed by atoms with Crippen LogP contribution < -0.4 is 16.0 Å². The van der Waals surface area contributed by atoms with Crippen LogP contribution in [-0.4, -0.2) is 47.7 Å². The van der Waals surface area contributed by atoms with Gasteiger partial charge in [0.05, 0.1) is 17.7 Å². The monoisotopic (exact) mass is 549 g/mol. The van der Waals surface area contributed by atoms with Crippen molar-refractivity contribution in [1.29, 1.82) is 0 Å². The number of aromatic nitrogens is 7. The number of hydrogen-bond acceptors (Lipinski definition) is 10. The molecule has 2 aliphatic carbocycles. The zero-order valence-electron chi connectivity index (χ0n) is 22.7. The lowest BCUT2D eigenvalue weighted by Crippen LogP contribution is -2.31.